The molecule has 0 saturated carbocycles. The van der Waals surface area contributed by atoms with Gasteiger partial charge in [0.15, 0.2) is 9.84 Å². The molecule has 2 aromatic rings. The Hall–Kier alpha value is -3.08. The van der Waals surface area contributed by atoms with Gasteiger partial charge in [0.2, 0.25) is 15.9 Å². The summed E-state index contributed by atoms with van der Waals surface area (Å²) in [4.78, 5) is 30.3. The summed E-state index contributed by atoms with van der Waals surface area (Å²) in [5, 5.41) is 0. The molecule has 2 fully saturated rings. The number of carbonyl (C=O) groups is 2. The summed E-state index contributed by atoms with van der Waals surface area (Å²) < 4.78 is 95.6. The van der Waals surface area contributed by atoms with E-state index in [9.17, 15) is 39.6 Å². The smallest absolute Gasteiger partial charge is 0.420 e. The molecule has 2 aliphatic heterocycles. The van der Waals surface area contributed by atoms with E-state index >= 15 is 0 Å². The lowest BCUT2D eigenvalue weighted by atomic mass is 9.84. The Balaban J connectivity index is 1.70. The molecule has 11 nitrogen and oxygen atoms in total. The lowest BCUT2D eigenvalue weighted by molar-refractivity contribution is -0.189. The van der Waals surface area contributed by atoms with E-state index in [1.165, 1.54) is 41.4 Å². The van der Waals surface area contributed by atoms with Crippen molar-refractivity contribution in [3.63, 3.8) is 0 Å². The number of piperidine rings is 1. The number of nitrogens with zero attached hydrogens (tertiary/aromatic N) is 3. The van der Waals surface area contributed by atoms with Crippen LogP contribution >= 0.6 is 0 Å². The van der Waals surface area contributed by atoms with Crippen molar-refractivity contribution in [1.82, 2.24) is 14.2 Å². The molecule has 16 heteroatoms. The van der Waals surface area contributed by atoms with Gasteiger partial charge in [0.05, 0.1) is 28.0 Å². The number of ether oxygens (including phenoxy) is 1. The number of para-hydroxylation sites is 1. The number of benzene rings is 1. The van der Waals surface area contributed by atoms with Crippen LogP contribution in [0.1, 0.15) is 23.6 Å². The molecule has 2 aliphatic rings. The van der Waals surface area contributed by atoms with E-state index in [2.05, 4.69) is 9.72 Å². The molecule has 0 bridgehead atoms. The maximum atomic E-state index is 13.7. The highest BCUT2D eigenvalue weighted by Gasteiger charge is 2.44. The van der Waals surface area contributed by atoms with E-state index in [0.29, 0.717) is 5.69 Å². The fourth-order valence-corrected chi connectivity index (χ4v) is 7.57. The van der Waals surface area contributed by atoms with E-state index in [0.717, 1.165) is 10.4 Å². The number of sulfone groups is 1. The van der Waals surface area contributed by atoms with Crippen LogP contribution in [-0.2, 0) is 36.0 Å². The number of pyridine rings is 1. The number of amides is 1. The number of carbonyl (C=O) groups excluding carboxylic acids is 2. The number of alkyl halides is 3. The third-order valence-electron chi connectivity index (χ3n) is 6.85. The van der Waals surface area contributed by atoms with E-state index in [1.807, 2.05) is 0 Å². The highest BCUT2D eigenvalue weighted by molar-refractivity contribution is 7.91. The molecule has 1 aromatic carbocycles. The summed E-state index contributed by atoms with van der Waals surface area (Å²) >= 11 is 0. The molecule has 2 saturated heterocycles. The molecule has 0 spiro atoms. The second-order valence-corrected chi connectivity index (χ2v) is 13.8. The van der Waals surface area contributed by atoms with Crippen molar-refractivity contribution >= 4 is 31.7 Å². The summed E-state index contributed by atoms with van der Waals surface area (Å²) in [6, 6.07) is 8.00. The summed E-state index contributed by atoms with van der Waals surface area (Å²) in [6.07, 6.45) is -3.96. The minimum absolute atomic E-state index is 0.0249. The number of rotatable bonds is 6. The van der Waals surface area contributed by atoms with E-state index < -0.39 is 55.5 Å². The van der Waals surface area contributed by atoms with Crippen molar-refractivity contribution in [2.45, 2.75) is 30.0 Å². The van der Waals surface area contributed by atoms with Gasteiger partial charge in [-0.1, -0.05) is 18.2 Å². The van der Waals surface area contributed by atoms with Gasteiger partial charge in [0.25, 0.3) is 0 Å². The number of hydrogen-bond acceptors (Lipinski definition) is 9. The topological polar surface area (TPSA) is 157 Å². The molecule has 40 heavy (non-hydrogen) atoms. The Kier molecular flexibility index (Phi) is 8.54. The van der Waals surface area contributed by atoms with Crippen LogP contribution in [0.5, 0.6) is 5.75 Å². The van der Waals surface area contributed by atoms with Gasteiger partial charge in [0.1, 0.15) is 5.75 Å². The first-order valence-electron chi connectivity index (χ1n) is 12.2. The zero-order chi connectivity index (χ0) is 29.3. The highest BCUT2D eigenvalue weighted by Crippen LogP contribution is 2.38. The summed E-state index contributed by atoms with van der Waals surface area (Å²) in [5.41, 5.74) is 6.03. The molecule has 2 N–H and O–H groups in total. The Labute approximate surface area is 229 Å². The number of sulfonamides is 1. The minimum atomic E-state index is -5.26. The van der Waals surface area contributed by atoms with Gasteiger partial charge in [-0.05, 0) is 30.2 Å². The molecule has 1 amide bonds. The molecule has 0 unspecified atom stereocenters. The molecule has 2 atom stereocenters. The largest absolute Gasteiger partial charge is 0.491 e. The lowest BCUT2D eigenvalue weighted by Crippen LogP contribution is -2.52. The second-order valence-electron chi connectivity index (χ2n) is 9.54. The number of nitrogens with two attached hydrogens (primary N) is 1. The third-order valence-corrected chi connectivity index (χ3v) is 10.3. The van der Waals surface area contributed by atoms with Gasteiger partial charge < -0.3 is 15.4 Å². The molecule has 0 radical (unpaired) electrons. The van der Waals surface area contributed by atoms with Gasteiger partial charge in [-0.15, -0.1) is 0 Å². The van der Waals surface area contributed by atoms with Gasteiger partial charge in [-0.2, -0.15) is 17.5 Å². The number of esters is 1. The molecule has 0 aliphatic carbocycles. The predicted octanol–water partition coefficient (Wildman–Crippen LogP) is 1.06. The standard InChI is InChI=1S/C24H27F3N4O7S2/c25-24(26,27)23(33)38-21-4-2-1-3-20(21)16-11-17(22(32)30-7-9-39(34,35)10-8-30)15-31(14-16)40(36,37)19-5-6-29-18(12-19)13-28/h1-6,12,16-17H,7-11,13-15,28H2/t16-,17-/m1/s1. The first-order chi connectivity index (χ1) is 18.7. The van der Waals surface area contributed by atoms with Crippen molar-refractivity contribution in [1.29, 1.82) is 0 Å². The average Bonchev–Trinajstić information content (AvgIpc) is 2.92. The van der Waals surface area contributed by atoms with Crippen LogP contribution in [0.4, 0.5) is 13.2 Å². The van der Waals surface area contributed by atoms with Crippen molar-refractivity contribution in [2.75, 3.05) is 37.7 Å². The van der Waals surface area contributed by atoms with Crippen molar-refractivity contribution in [3.05, 3.63) is 53.9 Å². The van der Waals surface area contributed by atoms with Crippen LogP contribution in [0.3, 0.4) is 0 Å². The quantitative estimate of drug-likeness (QED) is 0.376. The van der Waals surface area contributed by atoms with E-state index in [4.69, 9.17) is 5.73 Å². The SMILES string of the molecule is NCc1cc(S(=O)(=O)N2C[C@H](C(=O)N3CCS(=O)(=O)CC3)C[C@@H](c3ccccc3OC(=O)C(F)(F)F)C2)ccn1. The number of hydrogen-bond donors (Lipinski definition) is 1. The van der Waals surface area contributed by atoms with E-state index in [-0.39, 0.29) is 61.1 Å². The van der Waals surface area contributed by atoms with Crippen molar-refractivity contribution in [3.8, 4) is 5.75 Å². The van der Waals surface area contributed by atoms with Gasteiger partial charge >= 0.3 is 12.1 Å². The Morgan fingerprint density at radius 2 is 1.77 bits per heavy atom. The fourth-order valence-electron chi connectivity index (χ4n) is 4.80. The molecular formula is C24H27F3N4O7S2. The number of halogens is 3. The first kappa shape index (κ1) is 29.9. The number of aromatic nitrogens is 1. The Bertz CT molecular complexity index is 1490. The molecular weight excluding hydrogens is 577 g/mol. The third kappa shape index (κ3) is 6.62. The zero-order valence-electron chi connectivity index (χ0n) is 21.1. The maximum absolute atomic E-state index is 13.7. The van der Waals surface area contributed by atoms with E-state index in [1.54, 1.807) is 0 Å². The first-order valence-corrected chi connectivity index (χ1v) is 15.5. The Morgan fingerprint density at radius 1 is 1.10 bits per heavy atom. The molecule has 218 valence electrons. The van der Waals surface area contributed by atoms with Crippen LogP contribution in [0.2, 0.25) is 0 Å². The monoisotopic (exact) mass is 604 g/mol. The maximum Gasteiger partial charge on any atom is 0.491 e. The van der Waals surface area contributed by atoms with Crippen LogP contribution in [-0.4, -0.2) is 86.8 Å². The highest BCUT2D eigenvalue weighted by atomic mass is 32.2. The van der Waals surface area contributed by atoms with Gasteiger partial charge in [0, 0.05) is 44.8 Å². The van der Waals surface area contributed by atoms with Crippen molar-refractivity contribution < 1.29 is 44.3 Å². The summed E-state index contributed by atoms with van der Waals surface area (Å²) in [7, 11) is -7.52. The Morgan fingerprint density at radius 3 is 2.42 bits per heavy atom. The van der Waals surface area contributed by atoms with Crippen LogP contribution < -0.4 is 10.5 Å². The molecule has 1 aromatic heterocycles. The fraction of sp³-hybridized carbons (Fsp3) is 0.458. The zero-order valence-corrected chi connectivity index (χ0v) is 22.7. The van der Waals surface area contributed by atoms with Crippen LogP contribution in [0.15, 0.2) is 47.5 Å². The normalized spacial score (nSPS) is 22.1. The average molecular weight is 605 g/mol. The second kappa shape index (κ2) is 11.4. The lowest BCUT2D eigenvalue weighted by Gasteiger charge is -2.39. The predicted molar refractivity (Wildman–Crippen MR) is 135 cm³/mol. The van der Waals surface area contributed by atoms with Crippen LogP contribution in [0, 0.1) is 5.92 Å². The summed E-state index contributed by atoms with van der Waals surface area (Å²) in [5.74, 6) is -5.55. The van der Waals surface area contributed by atoms with Gasteiger partial charge in [-0.3, -0.25) is 9.78 Å². The van der Waals surface area contributed by atoms with Gasteiger partial charge in [-0.25, -0.2) is 21.6 Å². The van der Waals surface area contributed by atoms with Crippen LogP contribution in [0.25, 0.3) is 0 Å². The molecule has 3 heterocycles. The minimum Gasteiger partial charge on any atom is -0.420 e. The summed E-state index contributed by atoms with van der Waals surface area (Å²) in [6.45, 7) is -0.603. The van der Waals surface area contributed by atoms with Crippen molar-refractivity contribution in [2.24, 2.45) is 11.7 Å². The molecule has 4 rings (SSSR count).